The first-order chi connectivity index (χ1) is 12.3. The number of para-hydroxylation sites is 1. The van der Waals surface area contributed by atoms with E-state index in [0.717, 1.165) is 4.31 Å². The maximum atomic E-state index is 12.2. The monoisotopic (exact) mass is 377 g/mol. The number of methoxy groups -OCH3 is 1. The van der Waals surface area contributed by atoms with Gasteiger partial charge in [0.25, 0.3) is 0 Å². The highest BCUT2D eigenvalue weighted by Crippen LogP contribution is 2.19. The zero-order chi connectivity index (χ0) is 19.3. The first-order valence-electron chi connectivity index (χ1n) is 7.63. The van der Waals surface area contributed by atoms with Crippen molar-refractivity contribution in [2.75, 3.05) is 27.8 Å². The fraction of sp³-hybridized carbons (Fsp3) is 0.222. The Labute approximate surface area is 152 Å². The normalized spacial score (nSPS) is 11.2. The summed E-state index contributed by atoms with van der Waals surface area (Å²) in [4.78, 5) is 24.4. The van der Waals surface area contributed by atoms with Crippen molar-refractivity contribution in [1.82, 2.24) is 4.31 Å². The highest BCUT2D eigenvalue weighted by atomic mass is 32.2. The molecule has 0 spiro atoms. The number of Topliss-reactive ketones (excluding diaryl/α,β-unsaturated/α-hetero) is 1. The fourth-order valence-corrected chi connectivity index (χ4v) is 3.11. The van der Waals surface area contributed by atoms with Gasteiger partial charge in [-0.15, -0.1) is 0 Å². The number of carbonyl (C=O) groups excluding carboxylic acids is 2. The van der Waals surface area contributed by atoms with Crippen molar-refractivity contribution in [3.05, 3.63) is 59.7 Å². The van der Waals surface area contributed by atoms with Gasteiger partial charge in [0.05, 0.1) is 23.1 Å². The second-order valence-corrected chi connectivity index (χ2v) is 7.67. The maximum Gasteiger partial charge on any atom is 0.338 e. The van der Waals surface area contributed by atoms with Crippen LogP contribution in [0.2, 0.25) is 0 Å². The standard InChI is InChI=1S/C18H19NO6S/c1-19(2)26(22,23)14-8-6-7-13(11-14)18(21)25-12-16(20)15-9-4-5-10-17(15)24-3/h4-11H,12H2,1-3H3. The van der Waals surface area contributed by atoms with Gasteiger partial charge < -0.3 is 9.47 Å². The van der Waals surface area contributed by atoms with Crippen LogP contribution < -0.4 is 4.74 Å². The molecule has 0 saturated carbocycles. The van der Waals surface area contributed by atoms with Crippen molar-refractivity contribution < 1.29 is 27.5 Å². The van der Waals surface area contributed by atoms with Crippen molar-refractivity contribution in [3.63, 3.8) is 0 Å². The number of sulfonamides is 1. The molecule has 2 aromatic rings. The molecule has 138 valence electrons. The molecule has 0 amide bonds. The molecular weight excluding hydrogens is 358 g/mol. The molecule has 0 radical (unpaired) electrons. The van der Waals surface area contributed by atoms with Crippen LogP contribution in [0, 0.1) is 0 Å². The Hall–Kier alpha value is -2.71. The maximum absolute atomic E-state index is 12.2. The van der Waals surface area contributed by atoms with Crippen LogP contribution in [0.5, 0.6) is 5.75 Å². The molecule has 2 aromatic carbocycles. The molecular formula is C18H19NO6S. The second kappa shape index (κ2) is 8.11. The molecule has 7 nitrogen and oxygen atoms in total. The lowest BCUT2D eigenvalue weighted by atomic mass is 10.1. The molecule has 0 unspecified atom stereocenters. The lowest BCUT2D eigenvalue weighted by molar-refractivity contribution is 0.0473. The molecule has 0 aliphatic heterocycles. The molecule has 8 heteroatoms. The number of ether oxygens (including phenoxy) is 2. The highest BCUT2D eigenvalue weighted by Gasteiger charge is 2.20. The lowest BCUT2D eigenvalue weighted by Gasteiger charge is -2.12. The number of hydrogen-bond donors (Lipinski definition) is 0. The predicted molar refractivity (Wildman–Crippen MR) is 94.9 cm³/mol. The third kappa shape index (κ3) is 4.27. The van der Waals surface area contributed by atoms with Crippen LogP contribution in [0.25, 0.3) is 0 Å². The SMILES string of the molecule is COc1ccccc1C(=O)COC(=O)c1cccc(S(=O)(=O)N(C)C)c1. The summed E-state index contributed by atoms with van der Waals surface area (Å²) in [7, 11) is 0.555. The largest absolute Gasteiger partial charge is 0.496 e. The van der Waals surface area contributed by atoms with E-state index in [1.807, 2.05) is 0 Å². The Morgan fingerprint density at radius 3 is 2.38 bits per heavy atom. The summed E-state index contributed by atoms with van der Waals surface area (Å²) < 4.78 is 35.4. The first-order valence-corrected chi connectivity index (χ1v) is 9.07. The summed E-state index contributed by atoms with van der Waals surface area (Å²) in [6.07, 6.45) is 0. The van der Waals surface area contributed by atoms with E-state index in [9.17, 15) is 18.0 Å². The summed E-state index contributed by atoms with van der Waals surface area (Å²) in [5, 5.41) is 0. The van der Waals surface area contributed by atoms with E-state index in [0.29, 0.717) is 11.3 Å². The minimum Gasteiger partial charge on any atom is -0.496 e. The van der Waals surface area contributed by atoms with E-state index >= 15 is 0 Å². The first kappa shape index (κ1) is 19.6. The van der Waals surface area contributed by atoms with E-state index < -0.39 is 28.4 Å². The van der Waals surface area contributed by atoms with E-state index in [4.69, 9.17) is 9.47 Å². The quantitative estimate of drug-likeness (QED) is 0.541. The van der Waals surface area contributed by atoms with Crippen LogP contribution in [0.3, 0.4) is 0 Å². The molecule has 0 N–H and O–H groups in total. The predicted octanol–water partition coefficient (Wildman–Crippen LogP) is 1.99. The average molecular weight is 377 g/mol. The van der Waals surface area contributed by atoms with Crippen molar-refractivity contribution in [3.8, 4) is 5.75 Å². The third-order valence-corrected chi connectivity index (χ3v) is 5.40. The van der Waals surface area contributed by atoms with Crippen molar-refractivity contribution in [2.24, 2.45) is 0 Å². The number of nitrogens with zero attached hydrogens (tertiary/aromatic N) is 1. The van der Waals surface area contributed by atoms with Gasteiger partial charge in [0, 0.05) is 14.1 Å². The Balaban J connectivity index is 2.13. The van der Waals surface area contributed by atoms with E-state index in [1.54, 1.807) is 24.3 Å². The van der Waals surface area contributed by atoms with Crippen LogP contribution in [0.15, 0.2) is 53.4 Å². The lowest BCUT2D eigenvalue weighted by Crippen LogP contribution is -2.22. The molecule has 0 saturated heterocycles. The summed E-state index contributed by atoms with van der Waals surface area (Å²) in [6.45, 7) is -0.482. The van der Waals surface area contributed by atoms with Gasteiger partial charge in [-0.3, -0.25) is 4.79 Å². The highest BCUT2D eigenvalue weighted by molar-refractivity contribution is 7.89. The van der Waals surface area contributed by atoms with Crippen molar-refractivity contribution in [1.29, 1.82) is 0 Å². The molecule has 2 rings (SSSR count). The minimum absolute atomic E-state index is 0.0343. The van der Waals surface area contributed by atoms with Crippen LogP contribution in [0.4, 0.5) is 0 Å². The van der Waals surface area contributed by atoms with Crippen molar-refractivity contribution in [2.45, 2.75) is 4.90 Å². The Bertz CT molecular complexity index is 921. The average Bonchev–Trinajstić information content (AvgIpc) is 2.65. The molecule has 0 fully saturated rings. The summed E-state index contributed by atoms with van der Waals surface area (Å²) in [5.74, 6) is -0.829. The molecule has 0 heterocycles. The number of ketones is 1. The number of carbonyl (C=O) groups is 2. The van der Waals surface area contributed by atoms with Gasteiger partial charge in [-0.25, -0.2) is 17.5 Å². The number of esters is 1. The number of benzene rings is 2. The van der Waals surface area contributed by atoms with Gasteiger partial charge in [-0.1, -0.05) is 18.2 Å². The Kier molecular flexibility index (Phi) is 6.12. The van der Waals surface area contributed by atoms with Gasteiger partial charge in [0.1, 0.15) is 5.75 Å². The van der Waals surface area contributed by atoms with E-state index in [-0.39, 0.29) is 10.5 Å². The zero-order valence-electron chi connectivity index (χ0n) is 14.6. The van der Waals surface area contributed by atoms with Gasteiger partial charge in [-0.05, 0) is 30.3 Å². The van der Waals surface area contributed by atoms with Crippen LogP contribution in [-0.2, 0) is 14.8 Å². The zero-order valence-corrected chi connectivity index (χ0v) is 15.4. The third-order valence-electron chi connectivity index (χ3n) is 3.59. The molecule has 0 bridgehead atoms. The summed E-state index contributed by atoms with van der Waals surface area (Å²) in [5.41, 5.74) is 0.340. The molecule has 0 aliphatic carbocycles. The van der Waals surface area contributed by atoms with Gasteiger partial charge in [0.15, 0.2) is 6.61 Å². The fourth-order valence-electron chi connectivity index (χ4n) is 2.16. The van der Waals surface area contributed by atoms with Crippen LogP contribution in [0.1, 0.15) is 20.7 Å². The molecule has 0 aromatic heterocycles. The smallest absolute Gasteiger partial charge is 0.338 e. The van der Waals surface area contributed by atoms with Gasteiger partial charge >= 0.3 is 5.97 Å². The number of rotatable bonds is 7. The van der Waals surface area contributed by atoms with E-state index in [2.05, 4.69) is 0 Å². The van der Waals surface area contributed by atoms with Crippen LogP contribution in [-0.4, -0.2) is 52.3 Å². The Morgan fingerprint density at radius 1 is 1.04 bits per heavy atom. The summed E-state index contributed by atoms with van der Waals surface area (Å²) in [6, 6.07) is 12.0. The van der Waals surface area contributed by atoms with Gasteiger partial charge in [-0.2, -0.15) is 0 Å². The number of hydrogen-bond acceptors (Lipinski definition) is 6. The van der Waals surface area contributed by atoms with E-state index in [1.165, 1.54) is 45.5 Å². The van der Waals surface area contributed by atoms with Crippen LogP contribution >= 0.6 is 0 Å². The summed E-state index contributed by atoms with van der Waals surface area (Å²) >= 11 is 0. The van der Waals surface area contributed by atoms with Crippen molar-refractivity contribution >= 4 is 21.8 Å². The minimum atomic E-state index is -3.67. The topological polar surface area (TPSA) is 90.0 Å². The molecule has 0 aliphatic rings. The van der Waals surface area contributed by atoms with Gasteiger partial charge in [0.2, 0.25) is 15.8 Å². The second-order valence-electron chi connectivity index (χ2n) is 5.51. The Morgan fingerprint density at radius 2 is 1.73 bits per heavy atom. The molecule has 0 atom stereocenters. The molecule has 26 heavy (non-hydrogen) atoms.